The normalized spacial score (nSPS) is 24.2. The van der Waals surface area contributed by atoms with Gasteiger partial charge in [-0.15, -0.1) is 0 Å². The average molecular weight is 293 g/mol. The largest absolute Gasteiger partial charge is 0.381 e. The molecular formula is C17H31N3O. The first-order chi connectivity index (χ1) is 10.1. The van der Waals surface area contributed by atoms with E-state index in [0.29, 0.717) is 12.1 Å². The number of aromatic nitrogens is 2. The molecule has 1 fully saturated rings. The number of nitrogens with zero attached hydrogens (tertiary/aromatic N) is 2. The molecule has 1 heterocycles. The molecular weight excluding hydrogens is 262 g/mol. The maximum absolute atomic E-state index is 6.05. The smallest absolute Gasteiger partial charge is 0.0657 e. The van der Waals surface area contributed by atoms with Crippen molar-refractivity contribution in [2.24, 2.45) is 5.73 Å². The monoisotopic (exact) mass is 293 g/mol. The predicted octanol–water partition coefficient (Wildman–Crippen LogP) is 3.03. The first-order valence-electron chi connectivity index (χ1n) is 8.48. The van der Waals surface area contributed by atoms with Gasteiger partial charge in [0.15, 0.2) is 0 Å². The van der Waals surface area contributed by atoms with Gasteiger partial charge in [0.25, 0.3) is 0 Å². The second-order valence-corrected chi connectivity index (χ2v) is 6.38. The zero-order chi connectivity index (χ0) is 15.4. The number of aryl methyl sites for hydroxylation is 1. The van der Waals surface area contributed by atoms with Crippen molar-refractivity contribution in [2.45, 2.75) is 83.9 Å². The van der Waals surface area contributed by atoms with Crippen molar-refractivity contribution < 1.29 is 4.74 Å². The van der Waals surface area contributed by atoms with E-state index in [9.17, 15) is 0 Å². The Bertz CT molecular complexity index is 453. The second kappa shape index (κ2) is 7.41. The Balaban J connectivity index is 2.32. The molecule has 0 saturated heterocycles. The molecule has 1 aromatic rings. The van der Waals surface area contributed by atoms with Gasteiger partial charge < -0.3 is 10.5 Å². The summed E-state index contributed by atoms with van der Waals surface area (Å²) in [4.78, 5) is 0. The highest BCUT2D eigenvalue weighted by Gasteiger charge is 2.27. The number of nitrogens with two attached hydrogens (primary N) is 1. The fraction of sp³-hybridized carbons (Fsp3) is 0.824. The van der Waals surface area contributed by atoms with Crippen LogP contribution in [0.5, 0.6) is 0 Å². The van der Waals surface area contributed by atoms with Gasteiger partial charge in [-0.25, -0.2) is 0 Å². The summed E-state index contributed by atoms with van der Waals surface area (Å²) in [5.74, 6) is 0. The van der Waals surface area contributed by atoms with Crippen LogP contribution in [0.2, 0.25) is 0 Å². The van der Waals surface area contributed by atoms with Crippen LogP contribution in [-0.4, -0.2) is 29.0 Å². The molecule has 1 saturated carbocycles. The number of methoxy groups -OCH3 is 1. The van der Waals surface area contributed by atoms with Crippen molar-refractivity contribution in [1.29, 1.82) is 0 Å². The Labute approximate surface area is 129 Å². The molecule has 4 heteroatoms. The van der Waals surface area contributed by atoms with E-state index in [0.717, 1.165) is 25.7 Å². The van der Waals surface area contributed by atoms with Crippen molar-refractivity contribution >= 4 is 0 Å². The van der Waals surface area contributed by atoms with Crippen molar-refractivity contribution in [3.8, 4) is 0 Å². The zero-order valence-electron chi connectivity index (χ0n) is 14.1. The highest BCUT2D eigenvalue weighted by Crippen LogP contribution is 2.32. The summed E-state index contributed by atoms with van der Waals surface area (Å²) in [7, 11) is 1.83. The van der Waals surface area contributed by atoms with E-state index in [2.05, 4.69) is 25.5 Å². The molecule has 21 heavy (non-hydrogen) atoms. The number of hydrogen-bond acceptors (Lipinski definition) is 3. The molecule has 0 spiro atoms. The van der Waals surface area contributed by atoms with Gasteiger partial charge in [-0.2, -0.15) is 5.10 Å². The van der Waals surface area contributed by atoms with Crippen molar-refractivity contribution in [2.75, 3.05) is 7.11 Å². The fourth-order valence-electron chi connectivity index (χ4n) is 3.63. The van der Waals surface area contributed by atoms with Crippen LogP contribution in [0.25, 0.3) is 0 Å². The maximum atomic E-state index is 6.05. The van der Waals surface area contributed by atoms with E-state index >= 15 is 0 Å². The molecule has 120 valence electrons. The van der Waals surface area contributed by atoms with Crippen LogP contribution in [0.4, 0.5) is 0 Å². The van der Waals surface area contributed by atoms with Crippen LogP contribution in [0.1, 0.15) is 69.4 Å². The Kier molecular flexibility index (Phi) is 5.82. The van der Waals surface area contributed by atoms with Crippen molar-refractivity contribution in [3.63, 3.8) is 0 Å². The molecule has 2 N–H and O–H groups in total. The highest BCUT2D eigenvalue weighted by molar-refractivity contribution is 5.28. The van der Waals surface area contributed by atoms with Crippen LogP contribution in [0.3, 0.4) is 0 Å². The molecule has 2 rings (SSSR count). The van der Waals surface area contributed by atoms with E-state index < -0.39 is 0 Å². The molecule has 0 amide bonds. The molecule has 3 atom stereocenters. The van der Waals surface area contributed by atoms with Gasteiger partial charge in [0.2, 0.25) is 0 Å². The molecule has 0 aromatic carbocycles. The average Bonchev–Trinajstić information content (AvgIpc) is 2.84. The number of rotatable bonds is 6. The summed E-state index contributed by atoms with van der Waals surface area (Å²) in [5, 5.41) is 4.95. The molecule has 0 bridgehead atoms. The Morgan fingerprint density at radius 3 is 2.67 bits per heavy atom. The minimum absolute atomic E-state index is 0.191. The van der Waals surface area contributed by atoms with E-state index in [1.54, 1.807) is 0 Å². The Hall–Kier alpha value is -0.870. The molecule has 4 nitrogen and oxygen atoms in total. The lowest BCUT2D eigenvalue weighted by Gasteiger charge is -2.29. The fourth-order valence-corrected chi connectivity index (χ4v) is 3.63. The lowest BCUT2D eigenvalue weighted by molar-refractivity contribution is 0.0502. The molecule has 1 aromatic heterocycles. The quantitative estimate of drug-likeness (QED) is 0.877. The lowest BCUT2D eigenvalue weighted by atomic mass is 9.92. The summed E-state index contributed by atoms with van der Waals surface area (Å²) in [5.41, 5.74) is 10.1. The Morgan fingerprint density at radius 1 is 1.33 bits per heavy atom. The third kappa shape index (κ3) is 3.67. The molecule has 0 aliphatic heterocycles. The molecule has 1 aliphatic carbocycles. The SMILES string of the molecule is CCc1nn(C2CCCC(OC)C2)c(CC)c1CC(C)N. The maximum Gasteiger partial charge on any atom is 0.0657 e. The lowest BCUT2D eigenvalue weighted by Crippen LogP contribution is -2.26. The van der Waals surface area contributed by atoms with Crippen LogP contribution in [-0.2, 0) is 24.0 Å². The third-order valence-corrected chi connectivity index (χ3v) is 4.68. The molecule has 0 radical (unpaired) electrons. The van der Waals surface area contributed by atoms with Gasteiger partial charge in [0, 0.05) is 18.8 Å². The van der Waals surface area contributed by atoms with E-state index in [1.807, 2.05) is 7.11 Å². The summed E-state index contributed by atoms with van der Waals surface area (Å²) in [6.07, 6.45) is 8.07. The van der Waals surface area contributed by atoms with Gasteiger partial charge in [-0.3, -0.25) is 4.68 Å². The summed E-state index contributed by atoms with van der Waals surface area (Å²) in [6, 6.07) is 0.683. The first-order valence-corrected chi connectivity index (χ1v) is 8.48. The number of hydrogen-bond donors (Lipinski definition) is 1. The van der Waals surface area contributed by atoms with Crippen LogP contribution in [0.15, 0.2) is 0 Å². The highest BCUT2D eigenvalue weighted by atomic mass is 16.5. The minimum atomic E-state index is 0.191. The van der Waals surface area contributed by atoms with E-state index in [4.69, 9.17) is 15.6 Å². The summed E-state index contributed by atoms with van der Waals surface area (Å²) < 4.78 is 7.89. The van der Waals surface area contributed by atoms with Gasteiger partial charge in [0.1, 0.15) is 0 Å². The van der Waals surface area contributed by atoms with Crippen LogP contribution < -0.4 is 5.73 Å². The first kappa shape index (κ1) is 16.5. The zero-order valence-corrected chi connectivity index (χ0v) is 14.1. The van der Waals surface area contributed by atoms with E-state index in [1.165, 1.54) is 36.2 Å². The standard InChI is InChI=1S/C17H31N3O/c1-5-16-15(10-12(3)18)17(6-2)20(19-16)13-8-7-9-14(11-13)21-4/h12-14H,5-11,18H2,1-4H3. The van der Waals surface area contributed by atoms with E-state index in [-0.39, 0.29) is 6.04 Å². The topological polar surface area (TPSA) is 53.1 Å². The second-order valence-electron chi connectivity index (χ2n) is 6.38. The van der Waals surface area contributed by atoms with Crippen molar-refractivity contribution in [3.05, 3.63) is 17.0 Å². The predicted molar refractivity (Wildman–Crippen MR) is 86.6 cm³/mol. The van der Waals surface area contributed by atoms with Gasteiger partial charge in [-0.05, 0) is 57.4 Å². The van der Waals surface area contributed by atoms with Crippen LogP contribution >= 0.6 is 0 Å². The van der Waals surface area contributed by atoms with Gasteiger partial charge in [-0.1, -0.05) is 13.8 Å². The van der Waals surface area contributed by atoms with Gasteiger partial charge >= 0.3 is 0 Å². The third-order valence-electron chi connectivity index (χ3n) is 4.68. The molecule has 1 aliphatic rings. The molecule has 3 unspecified atom stereocenters. The van der Waals surface area contributed by atoms with Crippen molar-refractivity contribution in [1.82, 2.24) is 9.78 Å². The van der Waals surface area contributed by atoms with Gasteiger partial charge in [0.05, 0.1) is 17.8 Å². The summed E-state index contributed by atoms with van der Waals surface area (Å²) >= 11 is 0. The summed E-state index contributed by atoms with van der Waals surface area (Å²) in [6.45, 7) is 6.50. The Morgan fingerprint density at radius 2 is 2.10 bits per heavy atom. The number of ether oxygens (including phenoxy) is 1. The minimum Gasteiger partial charge on any atom is -0.381 e. The van der Waals surface area contributed by atoms with Crippen LogP contribution in [0, 0.1) is 0 Å².